The zero-order chi connectivity index (χ0) is 32.9. The number of nitrogens with one attached hydrogen (secondary N) is 1. The lowest BCUT2D eigenvalue weighted by Gasteiger charge is -2.29. The van der Waals surface area contributed by atoms with Crippen molar-refractivity contribution in [3.63, 3.8) is 0 Å². The molecule has 16 nitrogen and oxygen atoms in total. The molecule has 46 heavy (non-hydrogen) atoms. The van der Waals surface area contributed by atoms with Gasteiger partial charge < -0.3 is 29.9 Å². The molecule has 6 atom stereocenters. The van der Waals surface area contributed by atoms with Crippen molar-refractivity contribution in [3.05, 3.63) is 112 Å². The largest absolute Gasteiger partial charge is 0.460 e. The van der Waals surface area contributed by atoms with Gasteiger partial charge in [0.2, 0.25) is 5.72 Å². The van der Waals surface area contributed by atoms with E-state index in [9.17, 15) is 29.9 Å². The van der Waals surface area contributed by atoms with Crippen molar-refractivity contribution in [2.24, 2.45) is 5.11 Å². The quantitative estimate of drug-likeness (QED) is 0.0569. The second-order valence-corrected chi connectivity index (χ2v) is 12.0. The molecule has 1 aliphatic heterocycles. The molecule has 2 unspecified atom stereocenters. The fourth-order valence-corrected chi connectivity index (χ4v) is 6.20. The first-order chi connectivity index (χ1) is 22.0. The molecule has 3 aromatic carbocycles. The van der Waals surface area contributed by atoms with Crippen LogP contribution in [0.15, 0.2) is 95.0 Å². The Morgan fingerprint density at radius 3 is 2.61 bits per heavy atom. The number of nitrogen functional groups attached to an aromatic ring is 1. The number of rotatable bonds is 12. The number of aliphatic hydroxyl groups excluding tert-OH is 2. The van der Waals surface area contributed by atoms with Gasteiger partial charge in [-0.3, -0.25) is 13.9 Å². The fourth-order valence-electron chi connectivity index (χ4n) is 4.69. The Kier molecular flexibility index (Phi) is 9.70. The second kappa shape index (κ2) is 13.7. The van der Waals surface area contributed by atoms with Crippen LogP contribution in [0.2, 0.25) is 0 Å². The van der Waals surface area contributed by atoms with Crippen molar-refractivity contribution in [3.8, 4) is 5.75 Å². The van der Waals surface area contributed by atoms with E-state index < -0.39 is 56.2 Å². The first kappa shape index (κ1) is 32.6. The maximum Gasteiger partial charge on any atom is 0.459 e. The van der Waals surface area contributed by atoms with Crippen molar-refractivity contribution < 1.29 is 38.1 Å². The number of anilines is 1. The zero-order valence-corrected chi connectivity index (χ0v) is 25.2. The minimum atomic E-state index is -4.60. The average molecular weight is 652 g/mol. The van der Waals surface area contributed by atoms with Crippen LogP contribution in [-0.4, -0.2) is 56.3 Å². The topological polar surface area (TPSA) is 233 Å². The van der Waals surface area contributed by atoms with Gasteiger partial charge in [0.05, 0.1) is 6.61 Å². The lowest BCUT2D eigenvalue weighted by molar-refractivity contribution is -0.146. The van der Waals surface area contributed by atoms with E-state index in [1.54, 1.807) is 48.5 Å². The van der Waals surface area contributed by atoms with Gasteiger partial charge in [-0.1, -0.05) is 65.8 Å². The van der Waals surface area contributed by atoms with E-state index in [4.69, 9.17) is 24.3 Å². The summed E-state index contributed by atoms with van der Waals surface area (Å²) >= 11 is 0. The summed E-state index contributed by atoms with van der Waals surface area (Å²) in [4.78, 5) is 31.6. The number of hydrogen-bond donors (Lipinski definition) is 4. The monoisotopic (exact) mass is 651 g/mol. The number of aliphatic hydroxyl groups is 2. The molecule has 0 aliphatic carbocycles. The third kappa shape index (κ3) is 7.19. The summed E-state index contributed by atoms with van der Waals surface area (Å²) < 4.78 is 37.6. The van der Waals surface area contributed by atoms with Crippen LogP contribution in [0, 0.1) is 0 Å². The van der Waals surface area contributed by atoms with Crippen LogP contribution in [0.25, 0.3) is 21.2 Å². The number of azide groups is 1. The van der Waals surface area contributed by atoms with Crippen LogP contribution in [-0.2, 0) is 30.0 Å². The Hall–Kier alpha value is -4.79. The van der Waals surface area contributed by atoms with Crippen LogP contribution >= 0.6 is 7.75 Å². The molecular weight excluding hydrogens is 621 g/mol. The summed E-state index contributed by atoms with van der Waals surface area (Å²) in [6.45, 7) is 0.352. The summed E-state index contributed by atoms with van der Waals surface area (Å²) in [7, 11) is -4.60. The third-order valence-corrected chi connectivity index (χ3v) is 8.68. The molecule has 1 fully saturated rings. The second-order valence-electron chi connectivity index (χ2n) is 10.3. The van der Waals surface area contributed by atoms with Gasteiger partial charge >= 0.3 is 19.4 Å². The number of benzene rings is 3. The number of carbonyl (C=O) groups excluding carboxylic acids is 1. The van der Waals surface area contributed by atoms with Gasteiger partial charge in [0.15, 0.2) is 6.23 Å². The van der Waals surface area contributed by atoms with Gasteiger partial charge in [-0.2, -0.15) is 10.1 Å². The molecule has 17 heteroatoms. The molecule has 1 aliphatic rings. The lowest BCUT2D eigenvalue weighted by Crippen LogP contribution is -2.45. The van der Waals surface area contributed by atoms with E-state index in [0.717, 1.165) is 27.1 Å². The smallest absolute Gasteiger partial charge is 0.459 e. The predicted octanol–water partition coefficient (Wildman–Crippen LogP) is 3.16. The number of hydrogen-bond acceptors (Lipinski definition) is 12. The molecular formula is C29H30N7O9P. The number of fused-ring (bicyclic) bond motifs is 1. The highest BCUT2D eigenvalue weighted by Gasteiger charge is 2.56. The molecule has 0 radical (unpaired) electrons. The van der Waals surface area contributed by atoms with Gasteiger partial charge in [-0.15, -0.1) is 0 Å². The molecule has 240 valence electrons. The number of nitrogens with two attached hydrogens (primary N) is 1. The van der Waals surface area contributed by atoms with Crippen LogP contribution in [0.3, 0.4) is 0 Å². The van der Waals surface area contributed by atoms with Crippen molar-refractivity contribution in [2.75, 3.05) is 12.3 Å². The number of carbonyl (C=O) groups is 1. The van der Waals surface area contributed by atoms with Crippen molar-refractivity contribution in [1.82, 2.24) is 14.6 Å². The number of esters is 1. The Labute approximate surface area is 261 Å². The molecule has 1 aromatic heterocycles. The summed E-state index contributed by atoms with van der Waals surface area (Å²) in [5.74, 6) is -0.807. The van der Waals surface area contributed by atoms with Crippen molar-refractivity contribution in [2.45, 2.75) is 43.7 Å². The SMILES string of the molecule is C[C@H](NP(=O)(OCC1(N=[N+]=[N-])O[C@@H](n2ccc(N)nc2=O)[C@H](O)[C@@H]1O)Oc1ccc2ccccc2c1)C(=O)OCc1ccccc1. The van der Waals surface area contributed by atoms with Crippen LogP contribution in [0.5, 0.6) is 5.75 Å². The summed E-state index contributed by atoms with van der Waals surface area (Å²) in [6, 6.07) is 21.1. The highest BCUT2D eigenvalue weighted by molar-refractivity contribution is 7.52. The van der Waals surface area contributed by atoms with E-state index in [2.05, 4.69) is 20.1 Å². The van der Waals surface area contributed by atoms with E-state index in [-0.39, 0.29) is 18.2 Å². The molecule has 5 N–H and O–H groups in total. The minimum Gasteiger partial charge on any atom is -0.460 e. The molecule has 0 bridgehead atoms. The van der Waals surface area contributed by atoms with Crippen molar-refractivity contribution >= 4 is 30.3 Å². The summed E-state index contributed by atoms with van der Waals surface area (Å²) in [5, 5.41) is 29.4. The first-order valence-corrected chi connectivity index (χ1v) is 15.4. The van der Waals surface area contributed by atoms with Crippen molar-refractivity contribution in [1.29, 1.82) is 0 Å². The van der Waals surface area contributed by atoms with E-state index in [1.807, 2.05) is 18.2 Å². The molecule has 4 aromatic rings. The maximum absolute atomic E-state index is 14.3. The number of aromatic nitrogens is 2. The maximum atomic E-state index is 14.3. The highest BCUT2D eigenvalue weighted by Crippen LogP contribution is 2.48. The molecule has 0 amide bonds. The summed E-state index contributed by atoms with van der Waals surface area (Å²) in [5.41, 5.74) is 12.3. The number of ether oxygens (including phenoxy) is 2. The number of nitrogens with zero attached hydrogens (tertiary/aromatic N) is 5. The van der Waals surface area contributed by atoms with Gasteiger partial charge in [-0.05, 0) is 47.0 Å². The molecule has 0 saturated carbocycles. The van der Waals surface area contributed by atoms with E-state index in [1.165, 1.54) is 19.1 Å². The third-order valence-electron chi connectivity index (χ3n) is 7.06. The molecule has 0 spiro atoms. The zero-order valence-electron chi connectivity index (χ0n) is 24.3. The first-order valence-electron chi connectivity index (χ1n) is 13.9. The van der Waals surface area contributed by atoms with Gasteiger partial charge in [0.25, 0.3) is 0 Å². The Morgan fingerprint density at radius 1 is 1.17 bits per heavy atom. The van der Waals surface area contributed by atoms with Crippen LogP contribution in [0.1, 0.15) is 18.7 Å². The summed E-state index contributed by atoms with van der Waals surface area (Å²) in [6.07, 6.45) is -4.26. The Balaban J connectivity index is 1.41. The van der Waals surface area contributed by atoms with Gasteiger partial charge in [-0.25, -0.2) is 9.36 Å². The fraction of sp³-hybridized carbons (Fsp3) is 0.276. The van der Waals surface area contributed by atoms with Gasteiger partial charge in [0, 0.05) is 11.1 Å². The molecule has 5 rings (SSSR count). The minimum absolute atomic E-state index is 0.0545. The lowest BCUT2D eigenvalue weighted by atomic mass is 10.1. The van der Waals surface area contributed by atoms with Crippen LogP contribution in [0.4, 0.5) is 5.82 Å². The normalized spacial score (nSPS) is 22.8. The van der Waals surface area contributed by atoms with E-state index >= 15 is 0 Å². The predicted molar refractivity (Wildman–Crippen MR) is 164 cm³/mol. The average Bonchev–Trinajstić information content (AvgIpc) is 3.28. The standard InChI is InChI=1S/C29H30N7O9P/c1-18(27(39)42-16-19-7-3-2-4-8-19)33-46(41,45-22-12-11-20-9-5-6-10-21(20)15-22)43-17-29(34-35-31)25(38)24(37)26(44-29)36-14-13-23(30)32-28(36)40/h2-15,18,24-26,37-38H,16-17H2,1H3,(H,33,41)(H2,30,32,40)/t18-,24+,25-,26+,29?,46?/m0/s1. The molecule has 1 saturated heterocycles. The highest BCUT2D eigenvalue weighted by atomic mass is 31.2. The van der Waals surface area contributed by atoms with E-state index in [0.29, 0.717) is 0 Å². The molecule has 2 heterocycles. The van der Waals surface area contributed by atoms with Crippen LogP contribution < -0.4 is 21.0 Å². The Morgan fingerprint density at radius 2 is 1.89 bits per heavy atom. The van der Waals surface area contributed by atoms with Gasteiger partial charge in [0.1, 0.15) is 36.4 Å². The Bertz CT molecular complexity index is 1870.